The maximum Gasteiger partial charge on any atom is 0.416 e. The topological polar surface area (TPSA) is 46.2 Å². The van der Waals surface area contributed by atoms with Crippen molar-refractivity contribution in [1.29, 1.82) is 0 Å². The molecule has 23 heavy (non-hydrogen) atoms. The van der Waals surface area contributed by atoms with Crippen LogP contribution in [0.15, 0.2) is 42.5 Å². The molecule has 0 amide bonds. The normalized spacial score (nSPS) is 24.3. The molecule has 1 aliphatic rings. The zero-order valence-corrected chi connectivity index (χ0v) is 12.1. The molecule has 2 aromatic rings. The van der Waals surface area contributed by atoms with Gasteiger partial charge in [0.1, 0.15) is 11.9 Å². The number of hydrogen-bond acceptors (Lipinski definition) is 2. The van der Waals surface area contributed by atoms with Crippen LogP contribution in [-0.4, -0.2) is 11.3 Å². The van der Waals surface area contributed by atoms with E-state index in [0.29, 0.717) is 17.2 Å². The van der Waals surface area contributed by atoms with E-state index < -0.39 is 29.2 Å². The van der Waals surface area contributed by atoms with Crippen LogP contribution in [0.5, 0.6) is 5.75 Å². The highest BCUT2D eigenvalue weighted by atomic mass is 19.4. The summed E-state index contributed by atoms with van der Waals surface area (Å²) in [5, 5.41) is 9.86. The van der Waals surface area contributed by atoms with Crippen molar-refractivity contribution in [3.05, 3.63) is 53.6 Å². The number of alkyl halides is 4. The van der Waals surface area contributed by atoms with E-state index in [-0.39, 0.29) is 12.8 Å². The fourth-order valence-corrected chi connectivity index (χ4v) is 2.90. The van der Waals surface area contributed by atoms with Gasteiger partial charge in [-0.25, -0.2) is 4.39 Å². The Kier molecular flexibility index (Phi) is 3.59. The summed E-state index contributed by atoms with van der Waals surface area (Å²) in [6.07, 6.45) is -4.87. The first-order valence-electron chi connectivity index (χ1n) is 7.13. The molecule has 2 nitrogen and oxygen atoms in total. The van der Waals surface area contributed by atoms with Gasteiger partial charge in [0.25, 0.3) is 0 Å². The Hall–Kier alpha value is -2.08. The lowest BCUT2D eigenvalue weighted by molar-refractivity contribution is -0.137. The van der Waals surface area contributed by atoms with Gasteiger partial charge in [-0.2, -0.15) is 13.2 Å². The Morgan fingerprint density at radius 3 is 2.13 bits per heavy atom. The Morgan fingerprint density at radius 1 is 1.04 bits per heavy atom. The van der Waals surface area contributed by atoms with Gasteiger partial charge < -0.3 is 10.8 Å². The van der Waals surface area contributed by atoms with Crippen LogP contribution in [0.4, 0.5) is 17.6 Å². The standard InChI is InChI=1S/C17H15F4NO/c18-13-8-16(22,9-13)11-3-1-10(2-4-11)14-6-5-12(7-15(14)23)17(19,20)21/h1-7,13,23H,8-9,22H2. The number of phenols is 1. The van der Waals surface area contributed by atoms with Crippen molar-refractivity contribution in [1.82, 2.24) is 0 Å². The van der Waals surface area contributed by atoms with E-state index in [1.807, 2.05) is 0 Å². The average molecular weight is 325 g/mol. The van der Waals surface area contributed by atoms with Crippen LogP contribution in [-0.2, 0) is 11.7 Å². The molecule has 0 bridgehead atoms. The van der Waals surface area contributed by atoms with Gasteiger partial charge in [-0.15, -0.1) is 0 Å². The second-order valence-electron chi connectivity index (χ2n) is 5.97. The summed E-state index contributed by atoms with van der Waals surface area (Å²) in [6.45, 7) is 0. The van der Waals surface area contributed by atoms with Crippen molar-refractivity contribution in [3.8, 4) is 16.9 Å². The molecule has 1 saturated carbocycles. The van der Waals surface area contributed by atoms with Gasteiger partial charge in [0.15, 0.2) is 0 Å². The minimum absolute atomic E-state index is 0.262. The number of rotatable bonds is 2. The first kappa shape index (κ1) is 15.8. The molecule has 3 rings (SSSR count). The predicted molar refractivity (Wildman–Crippen MR) is 78.5 cm³/mol. The van der Waals surface area contributed by atoms with E-state index >= 15 is 0 Å². The van der Waals surface area contributed by atoms with Crippen molar-refractivity contribution in [2.75, 3.05) is 0 Å². The number of phenolic OH excluding ortho intramolecular Hbond substituents is 1. The van der Waals surface area contributed by atoms with Gasteiger partial charge in [-0.05, 0) is 23.3 Å². The van der Waals surface area contributed by atoms with Gasteiger partial charge in [0.2, 0.25) is 0 Å². The lowest BCUT2D eigenvalue weighted by Gasteiger charge is -2.41. The smallest absolute Gasteiger partial charge is 0.416 e. The van der Waals surface area contributed by atoms with Crippen molar-refractivity contribution >= 4 is 0 Å². The van der Waals surface area contributed by atoms with Gasteiger partial charge in [0.05, 0.1) is 5.56 Å². The molecule has 0 spiro atoms. The Labute approximate surface area is 130 Å². The van der Waals surface area contributed by atoms with Crippen LogP contribution in [0.25, 0.3) is 11.1 Å². The van der Waals surface area contributed by atoms with E-state index in [4.69, 9.17) is 5.73 Å². The summed E-state index contributed by atoms with van der Waals surface area (Å²) < 4.78 is 50.8. The van der Waals surface area contributed by atoms with E-state index in [1.54, 1.807) is 24.3 Å². The summed E-state index contributed by atoms with van der Waals surface area (Å²) in [7, 11) is 0. The number of hydrogen-bond donors (Lipinski definition) is 2. The van der Waals surface area contributed by atoms with E-state index in [2.05, 4.69) is 0 Å². The van der Waals surface area contributed by atoms with Gasteiger partial charge in [-0.1, -0.05) is 30.3 Å². The monoisotopic (exact) mass is 325 g/mol. The highest BCUT2D eigenvalue weighted by Crippen LogP contribution is 2.42. The van der Waals surface area contributed by atoms with Gasteiger partial charge >= 0.3 is 6.18 Å². The predicted octanol–water partition coefficient (Wildman–Crippen LogP) is 4.36. The molecule has 0 radical (unpaired) electrons. The van der Waals surface area contributed by atoms with Crippen LogP contribution in [0.3, 0.4) is 0 Å². The molecular weight excluding hydrogens is 310 g/mol. The lowest BCUT2D eigenvalue weighted by atomic mass is 9.71. The van der Waals surface area contributed by atoms with Gasteiger partial charge in [-0.3, -0.25) is 0 Å². The first-order chi connectivity index (χ1) is 10.7. The molecule has 2 aromatic carbocycles. The molecule has 0 unspecified atom stereocenters. The lowest BCUT2D eigenvalue weighted by Crippen LogP contribution is -2.50. The number of aromatic hydroxyl groups is 1. The first-order valence-corrected chi connectivity index (χ1v) is 7.13. The van der Waals surface area contributed by atoms with E-state index in [1.165, 1.54) is 6.07 Å². The second-order valence-corrected chi connectivity index (χ2v) is 5.97. The molecule has 1 aliphatic carbocycles. The summed E-state index contributed by atoms with van der Waals surface area (Å²) in [5.74, 6) is -0.442. The fraction of sp³-hybridized carbons (Fsp3) is 0.294. The minimum Gasteiger partial charge on any atom is -0.507 e. The Morgan fingerprint density at radius 2 is 1.65 bits per heavy atom. The molecular formula is C17H15F4NO. The summed E-state index contributed by atoms with van der Waals surface area (Å²) >= 11 is 0. The maximum atomic E-state index is 13.0. The molecule has 0 heterocycles. The van der Waals surface area contributed by atoms with Crippen molar-refractivity contribution in [2.24, 2.45) is 5.73 Å². The molecule has 6 heteroatoms. The molecule has 0 saturated heterocycles. The molecule has 122 valence electrons. The van der Waals surface area contributed by atoms with Crippen LogP contribution in [0, 0.1) is 0 Å². The Balaban J connectivity index is 1.88. The number of halogens is 4. The summed E-state index contributed by atoms with van der Waals surface area (Å²) in [6, 6.07) is 9.62. The highest BCUT2D eigenvalue weighted by Gasteiger charge is 2.42. The zero-order chi connectivity index (χ0) is 16.8. The third-order valence-corrected chi connectivity index (χ3v) is 4.27. The van der Waals surface area contributed by atoms with Crippen LogP contribution in [0.2, 0.25) is 0 Å². The van der Waals surface area contributed by atoms with Crippen LogP contribution >= 0.6 is 0 Å². The van der Waals surface area contributed by atoms with Gasteiger partial charge in [0, 0.05) is 23.9 Å². The maximum absolute atomic E-state index is 13.0. The quantitative estimate of drug-likeness (QED) is 0.806. The van der Waals surface area contributed by atoms with Crippen LogP contribution in [0.1, 0.15) is 24.0 Å². The third-order valence-electron chi connectivity index (χ3n) is 4.27. The molecule has 0 atom stereocenters. The summed E-state index contributed by atoms with van der Waals surface area (Å²) in [5.41, 5.74) is 6.15. The second kappa shape index (κ2) is 5.23. The number of nitrogens with two attached hydrogens (primary N) is 1. The Bertz CT molecular complexity index is 718. The minimum atomic E-state index is -4.50. The summed E-state index contributed by atoms with van der Waals surface area (Å²) in [4.78, 5) is 0. The highest BCUT2D eigenvalue weighted by molar-refractivity contribution is 5.71. The third kappa shape index (κ3) is 2.91. The fourth-order valence-electron chi connectivity index (χ4n) is 2.90. The van der Waals surface area contributed by atoms with Crippen molar-refractivity contribution in [2.45, 2.75) is 30.7 Å². The molecule has 0 aliphatic heterocycles. The SMILES string of the molecule is NC1(c2ccc(-c3ccc(C(F)(F)F)cc3O)cc2)CC(F)C1. The average Bonchev–Trinajstić information content (AvgIpc) is 2.45. The van der Waals surface area contributed by atoms with Crippen molar-refractivity contribution < 1.29 is 22.7 Å². The molecule has 1 fully saturated rings. The molecule has 0 aromatic heterocycles. The zero-order valence-electron chi connectivity index (χ0n) is 12.1. The van der Waals surface area contributed by atoms with Crippen LogP contribution < -0.4 is 5.73 Å². The van der Waals surface area contributed by atoms with E-state index in [9.17, 15) is 22.7 Å². The van der Waals surface area contributed by atoms with Crippen molar-refractivity contribution in [3.63, 3.8) is 0 Å². The van der Waals surface area contributed by atoms with E-state index in [0.717, 1.165) is 11.6 Å². The number of benzene rings is 2. The molecule has 3 N–H and O–H groups in total. The largest absolute Gasteiger partial charge is 0.507 e.